The average molecular weight is 826 g/mol. The van der Waals surface area contributed by atoms with E-state index in [2.05, 4.69) is 19.2 Å². The standard InChI is InChI=1S/C49H95NO8/c1-3-5-7-9-10-11-12-13-14-15-16-17-18-19-20-21-22-23-24-25-26-27-28-29-30-31-32-33-35-37-39-45(53)50-42(43(52)38-36-34-8-6-4-2)41-57-49-48(56)47(55)46(54)44(40-51)58-49/h36,38,42-44,46-49,51-52,54-56H,3-35,37,39-41H2,1-2H3,(H,50,53)/b38-36+. The van der Waals surface area contributed by atoms with Gasteiger partial charge in [-0.3, -0.25) is 4.79 Å². The van der Waals surface area contributed by atoms with Crippen LogP contribution in [0.5, 0.6) is 0 Å². The molecule has 1 saturated heterocycles. The fourth-order valence-electron chi connectivity index (χ4n) is 8.10. The van der Waals surface area contributed by atoms with E-state index in [0.717, 1.165) is 44.9 Å². The maximum atomic E-state index is 12.9. The van der Waals surface area contributed by atoms with Gasteiger partial charge in [0.25, 0.3) is 0 Å². The van der Waals surface area contributed by atoms with Crippen molar-refractivity contribution in [1.29, 1.82) is 0 Å². The van der Waals surface area contributed by atoms with E-state index >= 15 is 0 Å². The normalized spacial score (nSPS) is 20.8. The van der Waals surface area contributed by atoms with E-state index in [1.165, 1.54) is 173 Å². The van der Waals surface area contributed by atoms with Crippen LogP contribution >= 0.6 is 0 Å². The van der Waals surface area contributed by atoms with Gasteiger partial charge in [-0.1, -0.05) is 225 Å². The zero-order valence-electron chi connectivity index (χ0n) is 37.8. The molecule has 0 bridgehead atoms. The number of rotatable bonds is 42. The van der Waals surface area contributed by atoms with E-state index in [0.29, 0.717) is 6.42 Å². The Morgan fingerprint density at radius 1 is 0.569 bits per heavy atom. The molecule has 0 aromatic heterocycles. The van der Waals surface area contributed by atoms with Crippen molar-refractivity contribution >= 4 is 5.91 Å². The molecule has 1 amide bonds. The minimum atomic E-state index is -1.56. The van der Waals surface area contributed by atoms with E-state index < -0.39 is 49.5 Å². The molecule has 58 heavy (non-hydrogen) atoms. The molecule has 0 aromatic rings. The number of aliphatic hydroxyl groups excluding tert-OH is 5. The summed E-state index contributed by atoms with van der Waals surface area (Å²) in [6.07, 6.45) is 40.6. The van der Waals surface area contributed by atoms with Gasteiger partial charge in [-0.05, 0) is 19.3 Å². The molecule has 1 fully saturated rings. The molecule has 0 spiro atoms. The van der Waals surface area contributed by atoms with E-state index in [1.807, 2.05) is 6.08 Å². The third-order valence-corrected chi connectivity index (χ3v) is 12.1. The molecule has 1 rings (SSSR count). The van der Waals surface area contributed by atoms with Crippen LogP contribution in [-0.2, 0) is 14.3 Å². The zero-order chi connectivity index (χ0) is 42.3. The summed E-state index contributed by atoms with van der Waals surface area (Å²) in [6.45, 7) is 3.68. The van der Waals surface area contributed by atoms with Crippen LogP contribution in [0, 0.1) is 0 Å². The molecule has 0 radical (unpaired) electrons. The van der Waals surface area contributed by atoms with Crippen LogP contribution in [0.25, 0.3) is 0 Å². The first-order chi connectivity index (χ1) is 28.3. The van der Waals surface area contributed by atoms with E-state index in [4.69, 9.17) is 9.47 Å². The van der Waals surface area contributed by atoms with Gasteiger partial charge in [-0.15, -0.1) is 0 Å². The summed E-state index contributed by atoms with van der Waals surface area (Å²) >= 11 is 0. The number of carbonyl (C=O) groups is 1. The Hall–Kier alpha value is -1.07. The van der Waals surface area contributed by atoms with Crippen LogP contribution in [0.4, 0.5) is 0 Å². The van der Waals surface area contributed by atoms with Gasteiger partial charge < -0.3 is 40.3 Å². The smallest absolute Gasteiger partial charge is 0.220 e. The Bertz CT molecular complexity index is 919. The highest BCUT2D eigenvalue weighted by atomic mass is 16.7. The Morgan fingerprint density at radius 3 is 1.34 bits per heavy atom. The molecule has 0 aromatic carbocycles. The van der Waals surface area contributed by atoms with Crippen molar-refractivity contribution in [2.75, 3.05) is 13.2 Å². The summed E-state index contributed by atoms with van der Waals surface area (Å²) in [5.74, 6) is -0.180. The van der Waals surface area contributed by atoms with Crippen molar-refractivity contribution in [2.45, 2.75) is 281 Å². The summed E-state index contributed by atoms with van der Waals surface area (Å²) in [5.41, 5.74) is 0. The predicted molar refractivity (Wildman–Crippen MR) is 240 cm³/mol. The zero-order valence-corrected chi connectivity index (χ0v) is 37.8. The van der Waals surface area contributed by atoms with Gasteiger partial charge in [0, 0.05) is 6.42 Å². The molecule has 6 N–H and O–H groups in total. The molecule has 7 unspecified atom stereocenters. The van der Waals surface area contributed by atoms with Crippen LogP contribution in [0.15, 0.2) is 12.2 Å². The third-order valence-electron chi connectivity index (χ3n) is 12.1. The van der Waals surface area contributed by atoms with Crippen LogP contribution in [0.2, 0.25) is 0 Å². The van der Waals surface area contributed by atoms with Crippen molar-refractivity contribution in [3.05, 3.63) is 12.2 Å². The minimum Gasteiger partial charge on any atom is -0.394 e. The summed E-state index contributed by atoms with van der Waals surface area (Å²) in [4.78, 5) is 12.9. The number of hydrogen-bond acceptors (Lipinski definition) is 8. The Kier molecular flexibility index (Phi) is 37.9. The number of aliphatic hydroxyl groups is 5. The fourth-order valence-corrected chi connectivity index (χ4v) is 8.10. The topological polar surface area (TPSA) is 149 Å². The second kappa shape index (κ2) is 40.0. The highest BCUT2D eigenvalue weighted by Gasteiger charge is 2.44. The van der Waals surface area contributed by atoms with Gasteiger partial charge in [-0.25, -0.2) is 0 Å². The lowest BCUT2D eigenvalue weighted by Crippen LogP contribution is -2.60. The van der Waals surface area contributed by atoms with Crippen molar-refractivity contribution in [3.8, 4) is 0 Å². The van der Waals surface area contributed by atoms with E-state index in [-0.39, 0.29) is 12.5 Å². The number of hydrogen-bond donors (Lipinski definition) is 6. The van der Waals surface area contributed by atoms with Gasteiger partial charge >= 0.3 is 0 Å². The van der Waals surface area contributed by atoms with Gasteiger partial charge in [0.15, 0.2) is 6.29 Å². The molecular formula is C49H95NO8. The van der Waals surface area contributed by atoms with Gasteiger partial charge in [0.05, 0.1) is 25.4 Å². The predicted octanol–water partition coefficient (Wildman–Crippen LogP) is 10.9. The van der Waals surface area contributed by atoms with Gasteiger partial charge in [-0.2, -0.15) is 0 Å². The Labute approximate surface area is 356 Å². The average Bonchev–Trinajstić information content (AvgIpc) is 3.22. The Balaban J connectivity index is 2.01. The first-order valence-electron chi connectivity index (χ1n) is 24.9. The maximum absolute atomic E-state index is 12.9. The number of unbranched alkanes of at least 4 members (excludes halogenated alkanes) is 32. The highest BCUT2D eigenvalue weighted by molar-refractivity contribution is 5.76. The van der Waals surface area contributed by atoms with Gasteiger partial charge in [0.1, 0.15) is 24.4 Å². The van der Waals surface area contributed by atoms with Crippen LogP contribution in [0.3, 0.4) is 0 Å². The van der Waals surface area contributed by atoms with Crippen LogP contribution in [0.1, 0.15) is 239 Å². The van der Waals surface area contributed by atoms with Crippen molar-refractivity contribution in [3.63, 3.8) is 0 Å². The number of carbonyl (C=O) groups excluding carboxylic acids is 1. The Morgan fingerprint density at radius 2 is 0.948 bits per heavy atom. The number of ether oxygens (including phenoxy) is 2. The molecule has 7 atom stereocenters. The molecule has 9 heteroatoms. The molecule has 0 aliphatic carbocycles. The molecule has 1 aliphatic heterocycles. The summed E-state index contributed by atoms with van der Waals surface area (Å²) in [6, 6.07) is -0.796. The largest absolute Gasteiger partial charge is 0.394 e. The number of amides is 1. The first kappa shape index (κ1) is 54.9. The second-order valence-electron chi connectivity index (χ2n) is 17.6. The van der Waals surface area contributed by atoms with Crippen molar-refractivity contribution in [1.82, 2.24) is 5.32 Å². The lowest BCUT2D eigenvalue weighted by Gasteiger charge is -2.40. The first-order valence-corrected chi connectivity index (χ1v) is 24.9. The maximum Gasteiger partial charge on any atom is 0.220 e. The molecular weight excluding hydrogens is 731 g/mol. The third kappa shape index (κ3) is 30.0. The van der Waals surface area contributed by atoms with E-state index in [1.54, 1.807) is 6.08 Å². The molecule has 1 heterocycles. The van der Waals surface area contributed by atoms with E-state index in [9.17, 15) is 30.3 Å². The fraction of sp³-hybridized carbons (Fsp3) is 0.939. The number of allylic oxidation sites excluding steroid dienone is 1. The number of nitrogens with one attached hydrogen (secondary N) is 1. The molecule has 9 nitrogen and oxygen atoms in total. The van der Waals surface area contributed by atoms with Crippen molar-refractivity contribution < 1.29 is 39.8 Å². The summed E-state index contributed by atoms with van der Waals surface area (Å²) in [5, 5.41) is 53.7. The SMILES string of the molecule is CCCCC/C=C/C(O)C(COC1OC(CO)C(O)C(O)C1O)NC(=O)CCCCCCCCCCCCCCCCCCCCCCCCCCCCCCCC. The second-order valence-corrected chi connectivity index (χ2v) is 17.6. The quantitative estimate of drug-likeness (QED) is 0.0263. The van der Waals surface area contributed by atoms with Crippen molar-refractivity contribution in [2.24, 2.45) is 0 Å². The summed E-state index contributed by atoms with van der Waals surface area (Å²) in [7, 11) is 0. The lowest BCUT2D eigenvalue weighted by atomic mass is 9.99. The molecule has 344 valence electrons. The monoisotopic (exact) mass is 826 g/mol. The van der Waals surface area contributed by atoms with Gasteiger partial charge in [0.2, 0.25) is 5.91 Å². The molecule has 1 aliphatic rings. The lowest BCUT2D eigenvalue weighted by molar-refractivity contribution is -0.302. The minimum absolute atomic E-state index is 0.180. The van der Waals surface area contributed by atoms with Crippen LogP contribution in [-0.4, -0.2) is 87.5 Å². The molecule has 0 saturated carbocycles. The van der Waals surface area contributed by atoms with Crippen LogP contribution < -0.4 is 5.32 Å². The highest BCUT2D eigenvalue weighted by Crippen LogP contribution is 2.23. The summed E-state index contributed by atoms with van der Waals surface area (Å²) < 4.78 is 11.1.